The van der Waals surface area contributed by atoms with Crippen molar-refractivity contribution in [3.63, 3.8) is 0 Å². The third-order valence-electron chi connectivity index (χ3n) is 5.37. The molecule has 0 aliphatic carbocycles. The number of fused-ring (bicyclic) bond motifs is 1. The first-order chi connectivity index (χ1) is 14.9. The lowest BCUT2D eigenvalue weighted by Crippen LogP contribution is -2.36. The fraction of sp³-hybridized carbons (Fsp3) is 0.304. The Morgan fingerprint density at radius 1 is 1.13 bits per heavy atom. The van der Waals surface area contributed by atoms with E-state index in [1.54, 1.807) is 12.1 Å². The standard InChI is InChI=1S/C23H22N2O6/c1-14-5-2-3-7-19(14)24-20(26)13-31-23(29)15-8-9-17-18(11-15)22(28)25(21(17)27)12-16-6-4-10-30-16/h2-3,5,7-9,11,16H,4,6,10,12-13H2,1H3,(H,24,26). The Bertz CT molecular complexity index is 1060. The van der Waals surface area contributed by atoms with Gasteiger partial charge in [0, 0.05) is 12.3 Å². The maximum absolute atomic E-state index is 12.7. The van der Waals surface area contributed by atoms with Crippen LogP contribution in [-0.4, -0.2) is 54.5 Å². The van der Waals surface area contributed by atoms with E-state index in [0.29, 0.717) is 12.3 Å². The Morgan fingerprint density at radius 2 is 1.90 bits per heavy atom. The van der Waals surface area contributed by atoms with Gasteiger partial charge in [-0.05, 0) is 49.6 Å². The molecule has 3 amide bonds. The summed E-state index contributed by atoms with van der Waals surface area (Å²) in [6.07, 6.45) is 1.55. The van der Waals surface area contributed by atoms with Crippen LogP contribution in [0.5, 0.6) is 0 Å². The number of nitrogens with one attached hydrogen (secondary N) is 1. The molecule has 1 unspecified atom stereocenters. The van der Waals surface area contributed by atoms with Gasteiger partial charge in [0.05, 0.1) is 29.3 Å². The molecule has 31 heavy (non-hydrogen) atoms. The Morgan fingerprint density at radius 3 is 2.65 bits per heavy atom. The molecular formula is C23H22N2O6. The average Bonchev–Trinajstić information content (AvgIpc) is 3.36. The molecule has 0 bridgehead atoms. The van der Waals surface area contributed by atoms with Crippen molar-refractivity contribution in [1.82, 2.24) is 4.90 Å². The number of rotatable bonds is 6. The van der Waals surface area contributed by atoms with Crippen LogP contribution in [0.1, 0.15) is 49.5 Å². The molecule has 160 valence electrons. The highest BCUT2D eigenvalue weighted by Gasteiger charge is 2.38. The van der Waals surface area contributed by atoms with Gasteiger partial charge in [-0.1, -0.05) is 18.2 Å². The molecule has 2 aliphatic rings. The number of esters is 1. The number of aryl methyl sites for hydroxylation is 1. The zero-order valence-electron chi connectivity index (χ0n) is 17.1. The van der Waals surface area contributed by atoms with E-state index in [4.69, 9.17) is 9.47 Å². The maximum Gasteiger partial charge on any atom is 0.338 e. The topological polar surface area (TPSA) is 102 Å². The van der Waals surface area contributed by atoms with E-state index in [1.165, 1.54) is 18.2 Å². The third-order valence-corrected chi connectivity index (χ3v) is 5.37. The van der Waals surface area contributed by atoms with Crippen molar-refractivity contribution in [2.75, 3.05) is 25.1 Å². The molecule has 0 aromatic heterocycles. The van der Waals surface area contributed by atoms with Gasteiger partial charge < -0.3 is 14.8 Å². The summed E-state index contributed by atoms with van der Waals surface area (Å²) in [6.45, 7) is 2.21. The van der Waals surface area contributed by atoms with Gasteiger partial charge in [-0.3, -0.25) is 19.3 Å². The van der Waals surface area contributed by atoms with Crippen molar-refractivity contribution < 1.29 is 28.7 Å². The van der Waals surface area contributed by atoms with Gasteiger partial charge in [0.25, 0.3) is 17.7 Å². The molecule has 2 heterocycles. The van der Waals surface area contributed by atoms with Crippen LogP contribution >= 0.6 is 0 Å². The van der Waals surface area contributed by atoms with Crippen molar-refractivity contribution in [2.45, 2.75) is 25.9 Å². The number of amides is 3. The van der Waals surface area contributed by atoms with Crippen molar-refractivity contribution in [3.8, 4) is 0 Å². The normalized spacial score (nSPS) is 17.6. The highest BCUT2D eigenvalue weighted by atomic mass is 16.5. The maximum atomic E-state index is 12.7. The van der Waals surface area contributed by atoms with Crippen LogP contribution in [0.4, 0.5) is 5.69 Å². The van der Waals surface area contributed by atoms with Gasteiger partial charge in [0.2, 0.25) is 0 Å². The number of carbonyl (C=O) groups is 4. The van der Waals surface area contributed by atoms with Crippen LogP contribution < -0.4 is 5.32 Å². The predicted molar refractivity (Wildman–Crippen MR) is 111 cm³/mol. The number of nitrogens with zero attached hydrogens (tertiary/aromatic N) is 1. The number of hydrogen-bond acceptors (Lipinski definition) is 6. The first-order valence-corrected chi connectivity index (χ1v) is 10.1. The largest absolute Gasteiger partial charge is 0.452 e. The second kappa shape index (κ2) is 8.69. The lowest BCUT2D eigenvalue weighted by molar-refractivity contribution is -0.119. The number of ether oxygens (including phenoxy) is 2. The van der Waals surface area contributed by atoms with E-state index in [2.05, 4.69) is 5.32 Å². The van der Waals surface area contributed by atoms with Crippen LogP contribution in [0.15, 0.2) is 42.5 Å². The molecule has 1 fully saturated rings. The van der Waals surface area contributed by atoms with E-state index in [-0.39, 0.29) is 29.3 Å². The SMILES string of the molecule is Cc1ccccc1NC(=O)COC(=O)c1ccc2c(c1)C(=O)N(CC1CCCO1)C2=O. The Labute approximate surface area is 179 Å². The van der Waals surface area contributed by atoms with Gasteiger partial charge in [0.15, 0.2) is 6.61 Å². The summed E-state index contributed by atoms with van der Waals surface area (Å²) in [7, 11) is 0. The fourth-order valence-corrected chi connectivity index (χ4v) is 3.69. The van der Waals surface area contributed by atoms with E-state index in [1.807, 2.05) is 19.1 Å². The molecule has 1 atom stereocenters. The van der Waals surface area contributed by atoms with Gasteiger partial charge in [-0.2, -0.15) is 0 Å². The van der Waals surface area contributed by atoms with Crippen molar-refractivity contribution >= 4 is 29.4 Å². The molecule has 4 rings (SSSR count). The molecule has 2 aliphatic heterocycles. The molecule has 8 nitrogen and oxygen atoms in total. The summed E-state index contributed by atoms with van der Waals surface area (Å²) in [6, 6.07) is 11.4. The van der Waals surface area contributed by atoms with E-state index in [9.17, 15) is 19.2 Å². The molecule has 1 N–H and O–H groups in total. The molecule has 2 aromatic rings. The van der Waals surface area contributed by atoms with Crippen molar-refractivity contribution in [2.24, 2.45) is 0 Å². The predicted octanol–water partition coefficient (Wildman–Crippen LogP) is 2.57. The minimum Gasteiger partial charge on any atom is -0.452 e. The number of imide groups is 1. The highest BCUT2D eigenvalue weighted by Crippen LogP contribution is 2.26. The quantitative estimate of drug-likeness (QED) is 0.567. The lowest BCUT2D eigenvalue weighted by atomic mass is 10.1. The average molecular weight is 422 g/mol. The van der Waals surface area contributed by atoms with Crippen molar-refractivity contribution in [1.29, 1.82) is 0 Å². The summed E-state index contributed by atoms with van der Waals surface area (Å²) < 4.78 is 10.6. The molecule has 0 spiro atoms. The minimum atomic E-state index is -0.749. The number of para-hydroxylation sites is 1. The summed E-state index contributed by atoms with van der Waals surface area (Å²) >= 11 is 0. The van der Waals surface area contributed by atoms with E-state index < -0.39 is 30.3 Å². The smallest absolute Gasteiger partial charge is 0.338 e. The van der Waals surface area contributed by atoms with Gasteiger partial charge in [-0.15, -0.1) is 0 Å². The molecule has 1 saturated heterocycles. The summed E-state index contributed by atoms with van der Waals surface area (Å²) in [4.78, 5) is 50.9. The van der Waals surface area contributed by atoms with Crippen LogP contribution in [0.25, 0.3) is 0 Å². The zero-order chi connectivity index (χ0) is 22.0. The highest BCUT2D eigenvalue weighted by molar-refractivity contribution is 6.22. The van der Waals surface area contributed by atoms with Crippen LogP contribution in [0.2, 0.25) is 0 Å². The van der Waals surface area contributed by atoms with E-state index in [0.717, 1.165) is 23.3 Å². The number of carbonyl (C=O) groups excluding carboxylic acids is 4. The first-order valence-electron chi connectivity index (χ1n) is 10.1. The monoisotopic (exact) mass is 422 g/mol. The first kappa shape index (κ1) is 20.7. The fourth-order valence-electron chi connectivity index (χ4n) is 3.69. The summed E-state index contributed by atoms with van der Waals surface area (Å²) in [5.74, 6) is -2.08. The zero-order valence-corrected chi connectivity index (χ0v) is 17.1. The minimum absolute atomic E-state index is 0.0996. The van der Waals surface area contributed by atoms with Crippen LogP contribution in [-0.2, 0) is 14.3 Å². The van der Waals surface area contributed by atoms with E-state index >= 15 is 0 Å². The van der Waals surface area contributed by atoms with Crippen LogP contribution in [0.3, 0.4) is 0 Å². The van der Waals surface area contributed by atoms with Gasteiger partial charge in [-0.25, -0.2) is 4.79 Å². The Balaban J connectivity index is 1.39. The lowest BCUT2D eigenvalue weighted by Gasteiger charge is -2.17. The third kappa shape index (κ3) is 4.34. The number of hydrogen-bond donors (Lipinski definition) is 1. The number of benzene rings is 2. The van der Waals surface area contributed by atoms with Gasteiger partial charge in [0.1, 0.15) is 0 Å². The molecule has 0 radical (unpaired) electrons. The second-order valence-electron chi connectivity index (χ2n) is 7.56. The van der Waals surface area contributed by atoms with Gasteiger partial charge >= 0.3 is 5.97 Å². The Kier molecular flexibility index (Phi) is 5.81. The number of anilines is 1. The van der Waals surface area contributed by atoms with Crippen molar-refractivity contribution in [3.05, 3.63) is 64.7 Å². The second-order valence-corrected chi connectivity index (χ2v) is 7.56. The van der Waals surface area contributed by atoms with Crippen LogP contribution in [0, 0.1) is 6.92 Å². The molecule has 8 heteroatoms. The Hall–Kier alpha value is -3.52. The molecule has 2 aromatic carbocycles. The molecular weight excluding hydrogens is 400 g/mol. The summed E-state index contributed by atoms with van der Waals surface area (Å²) in [5, 5.41) is 2.68. The molecule has 0 saturated carbocycles. The summed E-state index contributed by atoms with van der Waals surface area (Å²) in [5.41, 5.74) is 2.02.